The smallest absolute Gasteiger partial charge is 0.315 e. The second-order valence-electron chi connectivity index (χ2n) is 6.13. The van der Waals surface area contributed by atoms with Crippen molar-refractivity contribution in [1.82, 2.24) is 10.6 Å². The number of furan rings is 1. The van der Waals surface area contributed by atoms with Crippen LogP contribution in [0.5, 0.6) is 0 Å². The van der Waals surface area contributed by atoms with E-state index in [0.29, 0.717) is 18.7 Å². The van der Waals surface area contributed by atoms with Gasteiger partial charge in [0.25, 0.3) is 0 Å². The van der Waals surface area contributed by atoms with E-state index < -0.39 is 6.10 Å². The number of hydrogen-bond acceptors (Lipinski definition) is 3. The highest BCUT2D eigenvalue weighted by Gasteiger charge is 2.16. The molecule has 0 aliphatic heterocycles. The number of carbonyl (C=O) groups excluding carboxylic acids is 1. The predicted octanol–water partition coefficient (Wildman–Crippen LogP) is 3.74. The number of fused-ring (bicyclic) bond motifs is 1. The van der Waals surface area contributed by atoms with E-state index in [4.69, 9.17) is 4.42 Å². The van der Waals surface area contributed by atoms with E-state index in [-0.39, 0.29) is 12.1 Å². The van der Waals surface area contributed by atoms with Crippen LogP contribution in [0.3, 0.4) is 0 Å². The van der Waals surface area contributed by atoms with Gasteiger partial charge in [-0.1, -0.05) is 42.5 Å². The molecule has 0 saturated carbocycles. The summed E-state index contributed by atoms with van der Waals surface area (Å²) in [4.78, 5) is 12.1. The summed E-state index contributed by atoms with van der Waals surface area (Å²) >= 11 is 0. The molecular formula is C20H22N2O3. The van der Waals surface area contributed by atoms with Crippen LogP contribution in [0.4, 0.5) is 4.79 Å². The molecular weight excluding hydrogens is 316 g/mol. The van der Waals surface area contributed by atoms with Crippen molar-refractivity contribution < 1.29 is 14.3 Å². The van der Waals surface area contributed by atoms with Gasteiger partial charge in [-0.2, -0.15) is 0 Å². The van der Waals surface area contributed by atoms with Crippen molar-refractivity contribution in [3.8, 4) is 0 Å². The van der Waals surface area contributed by atoms with E-state index in [1.807, 2.05) is 37.3 Å². The molecule has 25 heavy (non-hydrogen) atoms. The fraction of sp³-hybridized carbons (Fsp3) is 0.250. The summed E-state index contributed by atoms with van der Waals surface area (Å²) < 4.78 is 5.17. The average Bonchev–Trinajstić information content (AvgIpc) is 3.14. The number of amides is 2. The van der Waals surface area contributed by atoms with Gasteiger partial charge in [0.05, 0.1) is 6.26 Å². The van der Waals surface area contributed by atoms with Crippen LogP contribution in [0.1, 0.15) is 30.8 Å². The van der Waals surface area contributed by atoms with E-state index in [0.717, 1.165) is 16.3 Å². The SMILES string of the molecule is CC(CC(O)c1ccco1)NC(=O)NCc1cccc2ccccc12. The highest BCUT2D eigenvalue weighted by molar-refractivity contribution is 5.86. The normalized spacial score (nSPS) is 13.4. The molecule has 1 aromatic heterocycles. The Morgan fingerprint density at radius 2 is 1.92 bits per heavy atom. The summed E-state index contributed by atoms with van der Waals surface area (Å²) in [6.07, 6.45) is 1.17. The minimum absolute atomic E-state index is 0.187. The van der Waals surface area contributed by atoms with Crippen molar-refractivity contribution in [3.05, 3.63) is 72.2 Å². The Hall–Kier alpha value is -2.79. The van der Waals surface area contributed by atoms with Crippen molar-refractivity contribution in [2.45, 2.75) is 32.0 Å². The van der Waals surface area contributed by atoms with Gasteiger partial charge in [-0.3, -0.25) is 0 Å². The van der Waals surface area contributed by atoms with Crippen LogP contribution in [0.25, 0.3) is 10.8 Å². The third-order valence-corrected chi connectivity index (χ3v) is 4.15. The fourth-order valence-electron chi connectivity index (χ4n) is 2.89. The van der Waals surface area contributed by atoms with Crippen molar-refractivity contribution >= 4 is 16.8 Å². The van der Waals surface area contributed by atoms with Crippen LogP contribution < -0.4 is 10.6 Å². The molecule has 3 aromatic rings. The number of benzene rings is 2. The molecule has 0 aliphatic rings. The van der Waals surface area contributed by atoms with Crippen LogP contribution in [0.2, 0.25) is 0 Å². The van der Waals surface area contributed by atoms with Gasteiger partial charge in [0.2, 0.25) is 0 Å². The Bertz CT molecular complexity index is 825. The Labute approximate surface area is 146 Å². The number of aliphatic hydroxyl groups is 1. The molecule has 5 nitrogen and oxygen atoms in total. The monoisotopic (exact) mass is 338 g/mol. The largest absolute Gasteiger partial charge is 0.467 e. The Morgan fingerprint density at radius 3 is 2.72 bits per heavy atom. The molecule has 1 heterocycles. The van der Waals surface area contributed by atoms with E-state index in [2.05, 4.69) is 22.8 Å². The summed E-state index contributed by atoms with van der Waals surface area (Å²) in [5.41, 5.74) is 1.07. The maximum absolute atomic E-state index is 12.1. The Kier molecular flexibility index (Phi) is 5.36. The third kappa shape index (κ3) is 4.39. The highest BCUT2D eigenvalue weighted by atomic mass is 16.4. The number of urea groups is 1. The summed E-state index contributed by atoms with van der Waals surface area (Å²) in [6.45, 7) is 2.30. The second-order valence-corrected chi connectivity index (χ2v) is 6.13. The summed E-state index contributed by atoms with van der Waals surface area (Å²) in [6, 6.07) is 17.1. The van der Waals surface area contributed by atoms with Crippen LogP contribution in [-0.4, -0.2) is 17.2 Å². The van der Waals surface area contributed by atoms with Gasteiger partial charge < -0.3 is 20.2 Å². The standard InChI is InChI=1S/C20H22N2O3/c1-14(12-18(23)19-10-5-11-25-19)22-20(24)21-13-16-8-4-7-15-6-2-3-9-17(15)16/h2-11,14,18,23H,12-13H2,1H3,(H2,21,22,24). The van der Waals surface area contributed by atoms with Gasteiger partial charge in [0, 0.05) is 19.0 Å². The predicted molar refractivity (Wildman–Crippen MR) is 97.1 cm³/mol. The molecule has 2 unspecified atom stereocenters. The molecule has 130 valence electrons. The zero-order valence-electron chi connectivity index (χ0n) is 14.1. The molecule has 2 aromatic carbocycles. The first-order valence-electron chi connectivity index (χ1n) is 8.36. The molecule has 0 bridgehead atoms. The molecule has 0 spiro atoms. The van der Waals surface area contributed by atoms with E-state index >= 15 is 0 Å². The Balaban J connectivity index is 1.52. The first kappa shape index (κ1) is 17.0. The average molecular weight is 338 g/mol. The first-order valence-corrected chi connectivity index (χ1v) is 8.36. The topological polar surface area (TPSA) is 74.5 Å². The van der Waals surface area contributed by atoms with E-state index in [1.54, 1.807) is 12.1 Å². The minimum Gasteiger partial charge on any atom is -0.467 e. The maximum atomic E-state index is 12.1. The zero-order chi connectivity index (χ0) is 17.6. The van der Waals surface area contributed by atoms with E-state index in [1.165, 1.54) is 6.26 Å². The number of rotatable bonds is 6. The first-order chi connectivity index (χ1) is 12.1. The maximum Gasteiger partial charge on any atom is 0.315 e. The molecule has 3 rings (SSSR count). The van der Waals surface area contributed by atoms with Crippen LogP contribution in [0, 0.1) is 0 Å². The van der Waals surface area contributed by atoms with Crippen LogP contribution in [-0.2, 0) is 6.54 Å². The quantitative estimate of drug-likeness (QED) is 0.641. The molecule has 0 fully saturated rings. The number of hydrogen-bond donors (Lipinski definition) is 3. The molecule has 5 heteroatoms. The fourth-order valence-corrected chi connectivity index (χ4v) is 2.89. The number of aliphatic hydroxyl groups excluding tert-OH is 1. The molecule has 2 atom stereocenters. The lowest BCUT2D eigenvalue weighted by Gasteiger charge is -2.17. The lowest BCUT2D eigenvalue weighted by Crippen LogP contribution is -2.41. The van der Waals surface area contributed by atoms with Crippen molar-refractivity contribution in [1.29, 1.82) is 0 Å². The molecule has 0 radical (unpaired) electrons. The molecule has 0 aliphatic carbocycles. The van der Waals surface area contributed by atoms with Crippen molar-refractivity contribution in [3.63, 3.8) is 0 Å². The number of carbonyl (C=O) groups is 1. The van der Waals surface area contributed by atoms with Gasteiger partial charge in [-0.25, -0.2) is 4.79 Å². The van der Waals surface area contributed by atoms with Crippen LogP contribution in [0.15, 0.2) is 65.3 Å². The Morgan fingerprint density at radius 1 is 1.12 bits per heavy atom. The van der Waals surface area contributed by atoms with Crippen molar-refractivity contribution in [2.75, 3.05) is 0 Å². The van der Waals surface area contributed by atoms with Gasteiger partial charge in [0.15, 0.2) is 0 Å². The van der Waals surface area contributed by atoms with Gasteiger partial charge in [-0.15, -0.1) is 0 Å². The molecule has 2 amide bonds. The number of nitrogens with one attached hydrogen (secondary N) is 2. The lowest BCUT2D eigenvalue weighted by molar-refractivity contribution is 0.129. The summed E-state index contributed by atoms with van der Waals surface area (Å²) in [7, 11) is 0. The lowest BCUT2D eigenvalue weighted by atomic mass is 10.0. The third-order valence-electron chi connectivity index (χ3n) is 4.15. The van der Waals surface area contributed by atoms with Crippen LogP contribution >= 0.6 is 0 Å². The minimum atomic E-state index is -0.733. The molecule has 3 N–H and O–H groups in total. The van der Waals surface area contributed by atoms with Crippen molar-refractivity contribution in [2.24, 2.45) is 0 Å². The second kappa shape index (κ2) is 7.85. The van der Waals surface area contributed by atoms with E-state index in [9.17, 15) is 9.90 Å². The summed E-state index contributed by atoms with van der Waals surface area (Å²) in [5.74, 6) is 0.504. The van der Waals surface area contributed by atoms with Gasteiger partial charge >= 0.3 is 6.03 Å². The van der Waals surface area contributed by atoms with Gasteiger partial charge in [-0.05, 0) is 35.4 Å². The van der Waals surface area contributed by atoms with Gasteiger partial charge in [0.1, 0.15) is 11.9 Å². The zero-order valence-corrected chi connectivity index (χ0v) is 14.1. The molecule has 0 saturated heterocycles. The highest BCUT2D eigenvalue weighted by Crippen LogP contribution is 2.19. The summed E-state index contributed by atoms with van der Waals surface area (Å²) in [5, 5.41) is 18.0.